The Morgan fingerprint density at radius 2 is 1.95 bits per heavy atom. The molecular weight excluding hydrogens is 373 g/mol. The minimum absolute atomic E-state index is 0.519. The van der Waals surface area contributed by atoms with Gasteiger partial charge >= 0.3 is 0 Å². The van der Waals surface area contributed by atoms with E-state index in [0.717, 1.165) is 36.1 Å². The number of nitrogens with one attached hydrogen (secondary N) is 1. The average Bonchev–Trinajstić information content (AvgIpc) is 2.96. The van der Waals surface area contributed by atoms with Crippen LogP contribution >= 0.6 is 34.3 Å². The molecule has 1 N–H and O–H groups in total. The highest BCUT2D eigenvalue weighted by Crippen LogP contribution is 2.41. The van der Waals surface area contributed by atoms with Gasteiger partial charge in [0.15, 0.2) is 0 Å². The largest absolute Gasteiger partial charge is 0.293 e. The van der Waals surface area contributed by atoms with Gasteiger partial charge in [-0.3, -0.25) is 4.37 Å². The minimum atomic E-state index is 0.519. The highest BCUT2D eigenvalue weighted by atomic mass is 127. The van der Waals surface area contributed by atoms with E-state index in [1.165, 1.54) is 11.7 Å². The zero-order valence-corrected chi connectivity index (χ0v) is 12.4. The summed E-state index contributed by atoms with van der Waals surface area (Å²) in [5.74, 6) is 0. The van der Waals surface area contributed by atoms with Gasteiger partial charge in [-0.05, 0) is 62.8 Å². The number of halogens is 1. The smallest absolute Gasteiger partial charge is 0.123 e. The lowest BCUT2D eigenvalue weighted by Gasteiger charge is -1.93. The molecule has 0 amide bonds. The lowest BCUT2D eigenvalue weighted by atomic mass is 10.1. The molecule has 0 spiro atoms. The Bertz CT molecular complexity index is 957. The van der Waals surface area contributed by atoms with Gasteiger partial charge in [-0.1, -0.05) is 6.07 Å². The van der Waals surface area contributed by atoms with Crippen molar-refractivity contribution in [1.29, 1.82) is 0 Å². The number of rotatable bonds is 1. The third-order valence-electron chi connectivity index (χ3n) is 3.31. The van der Waals surface area contributed by atoms with Gasteiger partial charge in [0.2, 0.25) is 0 Å². The van der Waals surface area contributed by atoms with Crippen molar-refractivity contribution in [2.75, 3.05) is 0 Å². The molecule has 0 radical (unpaired) electrons. The van der Waals surface area contributed by atoms with Gasteiger partial charge in [0.05, 0.1) is 5.52 Å². The third-order valence-corrected chi connectivity index (χ3v) is 4.58. The van der Waals surface area contributed by atoms with E-state index in [1.807, 2.05) is 30.3 Å². The van der Waals surface area contributed by atoms with E-state index in [-0.39, 0.29) is 0 Å². The van der Waals surface area contributed by atoms with Gasteiger partial charge in [-0.25, -0.2) is 0 Å². The minimum Gasteiger partial charge on any atom is -0.293 e. The zero-order valence-electron chi connectivity index (χ0n) is 9.48. The van der Waals surface area contributed by atoms with E-state index >= 15 is 0 Å². The quantitative estimate of drug-likeness (QED) is 0.377. The summed E-state index contributed by atoms with van der Waals surface area (Å²) in [6.07, 6.45) is 0. The van der Waals surface area contributed by atoms with Crippen molar-refractivity contribution in [1.82, 2.24) is 8.75 Å². The lowest BCUT2D eigenvalue weighted by molar-refractivity contribution is 1.58. The number of benzene rings is 2. The summed E-state index contributed by atoms with van der Waals surface area (Å²) in [6, 6.07) is 10.0. The third kappa shape index (κ3) is 1.53. The molecule has 0 fully saturated rings. The van der Waals surface area contributed by atoms with Crippen molar-refractivity contribution in [3.63, 3.8) is 0 Å². The molecule has 0 aliphatic rings. The van der Waals surface area contributed by atoms with Crippen LogP contribution in [0, 0.1) is 8.48 Å². The van der Waals surface area contributed by atoms with Crippen LogP contribution in [0.4, 0.5) is 5.69 Å². The van der Waals surface area contributed by atoms with Gasteiger partial charge in [-0.2, -0.15) is 4.37 Å². The van der Waals surface area contributed by atoms with E-state index < -0.39 is 0 Å². The van der Waals surface area contributed by atoms with Crippen LogP contribution in [0.3, 0.4) is 0 Å². The fourth-order valence-electron chi connectivity index (χ4n) is 2.48. The molecule has 6 heteroatoms. The lowest BCUT2D eigenvalue weighted by Crippen LogP contribution is -1.71. The molecule has 0 saturated heterocycles. The molecule has 92 valence electrons. The summed E-state index contributed by atoms with van der Waals surface area (Å²) in [4.78, 5) is 11.2. The van der Waals surface area contributed by atoms with Gasteiger partial charge in [0.25, 0.3) is 0 Å². The molecule has 19 heavy (non-hydrogen) atoms. The molecule has 0 bridgehead atoms. The van der Waals surface area contributed by atoms with Crippen LogP contribution in [0.25, 0.3) is 32.6 Å². The monoisotopic (exact) mass is 379 g/mol. The topological polar surface area (TPSA) is 58.1 Å². The summed E-state index contributed by atoms with van der Waals surface area (Å²) < 4.78 is 8.50. The molecule has 4 rings (SSSR count). The highest BCUT2D eigenvalue weighted by molar-refractivity contribution is 14.1. The van der Waals surface area contributed by atoms with Crippen LogP contribution in [-0.2, 0) is 0 Å². The Morgan fingerprint density at radius 3 is 2.79 bits per heavy atom. The second kappa shape index (κ2) is 3.97. The molecule has 1 heterocycles. The molecular formula is C13H6IN3OS. The molecule has 0 atom stereocenters. The summed E-state index contributed by atoms with van der Waals surface area (Å²) >= 11 is 3.54. The summed E-state index contributed by atoms with van der Waals surface area (Å²) in [5.41, 5.74) is 2.37. The number of aromatic amines is 1. The Kier molecular flexibility index (Phi) is 2.36. The Morgan fingerprint density at radius 1 is 1.11 bits per heavy atom. The van der Waals surface area contributed by atoms with Crippen molar-refractivity contribution >= 4 is 72.6 Å². The van der Waals surface area contributed by atoms with Crippen molar-refractivity contribution in [3.05, 3.63) is 38.8 Å². The molecule has 0 aliphatic carbocycles. The molecule has 0 saturated carbocycles. The first-order valence-electron chi connectivity index (χ1n) is 5.60. The summed E-state index contributed by atoms with van der Waals surface area (Å²) in [5, 5.41) is 7.12. The second-order valence-electron chi connectivity index (χ2n) is 4.33. The van der Waals surface area contributed by atoms with Crippen LogP contribution in [0.2, 0.25) is 0 Å². The molecule has 4 nitrogen and oxygen atoms in total. The highest BCUT2D eigenvalue weighted by Gasteiger charge is 2.15. The normalized spacial score (nSPS) is 11.6. The standard InChI is InChI=1S/C13H6IN3OS/c14-6-1-2-7-8-4-11-12(17-19-16-11)5-10(8)13(15-18)9(7)3-6/h1-5,17H. The number of nitroso groups, excluding NO2 is 1. The predicted molar refractivity (Wildman–Crippen MR) is 87.2 cm³/mol. The molecule has 4 aromatic rings. The van der Waals surface area contributed by atoms with E-state index in [1.54, 1.807) is 0 Å². The van der Waals surface area contributed by atoms with E-state index in [2.05, 4.69) is 36.5 Å². The number of hydrogen-bond donors (Lipinski definition) is 1. The predicted octanol–water partition coefficient (Wildman–Crippen LogP) is 4.93. The van der Waals surface area contributed by atoms with Crippen LogP contribution < -0.4 is 0 Å². The number of hydrogen-bond acceptors (Lipinski definition) is 4. The molecule has 1 aromatic heterocycles. The average molecular weight is 379 g/mol. The SMILES string of the molecule is O=Nc1c2cc(I)ccc2c2cc3ns[nH]c3cc12. The molecule has 0 unspecified atom stereocenters. The summed E-state index contributed by atoms with van der Waals surface area (Å²) in [6.45, 7) is 0. The fraction of sp³-hybridized carbons (Fsp3) is 0. The zero-order chi connectivity index (χ0) is 13.0. The molecule has 3 aromatic carbocycles. The van der Waals surface area contributed by atoms with Crippen LogP contribution in [0.5, 0.6) is 0 Å². The number of aromatic nitrogens is 2. The van der Waals surface area contributed by atoms with Crippen molar-refractivity contribution in [2.45, 2.75) is 0 Å². The molecule has 0 aliphatic heterocycles. The van der Waals surface area contributed by atoms with E-state index in [9.17, 15) is 4.91 Å². The fourth-order valence-corrected chi connectivity index (χ4v) is 3.52. The first-order valence-corrected chi connectivity index (χ1v) is 7.45. The number of fused-ring (bicyclic) bond motifs is 4. The first-order chi connectivity index (χ1) is 9.28. The van der Waals surface area contributed by atoms with Gasteiger partial charge in [0, 0.05) is 26.1 Å². The first kappa shape index (κ1) is 11.3. The van der Waals surface area contributed by atoms with Crippen molar-refractivity contribution < 1.29 is 0 Å². The van der Waals surface area contributed by atoms with Crippen LogP contribution in [0.1, 0.15) is 0 Å². The number of H-pyrrole nitrogens is 1. The Hall–Kier alpha value is -1.54. The van der Waals surface area contributed by atoms with E-state index in [0.29, 0.717) is 5.69 Å². The maximum absolute atomic E-state index is 11.2. The van der Waals surface area contributed by atoms with Crippen molar-refractivity contribution in [3.8, 4) is 0 Å². The Labute approximate surface area is 125 Å². The van der Waals surface area contributed by atoms with Crippen LogP contribution in [0.15, 0.2) is 35.5 Å². The van der Waals surface area contributed by atoms with Crippen molar-refractivity contribution in [2.24, 2.45) is 5.18 Å². The second-order valence-corrected chi connectivity index (χ2v) is 6.14. The van der Waals surface area contributed by atoms with Crippen LogP contribution in [-0.4, -0.2) is 8.75 Å². The summed E-state index contributed by atoms with van der Waals surface area (Å²) in [7, 11) is 0. The van der Waals surface area contributed by atoms with Gasteiger partial charge in [-0.15, -0.1) is 4.91 Å². The maximum Gasteiger partial charge on any atom is 0.123 e. The maximum atomic E-state index is 11.2. The number of nitrogens with zero attached hydrogens (tertiary/aromatic N) is 2. The Balaban J connectivity index is 2.32. The van der Waals surface area contributed by atoms with E-state index in [4.69, 9.17) is 0 Å². The van der Waals surface area contributed by atoms with Gasteiger partial charge < -0.3 is 0 Å². The van der Waals surface area contributed by atoms with Gasteiger partial charge in [0.1, 0.15) is 11.2 Å².